The Morgan fingerprint density at radius 2 is 0.764 bits per heavy atom. The average Bonchev–Trinajstić information content (AvgIpc) is 4.06. The molecule has 9 aromatic rings. The van der Waals surface area contributed by atoms with Crippen LogP contribution in [0.4, 0.5) is 0 Å². The van der Waals surface area contributed by atoms with E-state index < -0.39 is 36.0 Å². The highest BCUT2D eigenvalue weighted by Crippen LogP contribution is 2.47. The number of nitrogens with zero attached hydrogens (tertiary/aromatic N) is 5. The SMILES string of the molecule is COc1ccc2cc([C@@H](C)C(=O)N3C(c4cccc(C5=N[C@H](c6ccccc6)[C@@H](c6ccccc6)N5C(=O)[C@H](C)c5ccc6cc(OC)ccc6c5)n4)=N[C@H](c4ccccc4)[C@H]3c3ccccc3)ccc2c1. The summed E-state index contributed by atoms with van der Waals surface area (Å²) in [5, 5.41) is 4.06. The van der Waals surface area contributed by atoms with Gasteiger partial charge in [-0.1, -0.05) is 176 Å². The maximum absolute atomic E-state index is 15.6. The number of carbonyl (C=O) groups excluding carboxylic acids is 2. The summed E-state index contributed by atoms with van der Waals surface area (Å²) in [7, 11) is 3.32. The molecule has 0 spiro atoms. The summed E-state index contributed by atoms with van der Waals surface area (Å²) in [6.07, 6.45) is 0. The van der Waals surface area contributed by atoms with Gasteiger partial charge in [0.05, 0.1) is 38.1 Å². The molecule has 0 saturated carbocycles. The van der Waals surface area contributed by atoms with E-state index in [1.807, 2.05) is 175 Å². The third-order valence-corrected chi connectivity index (χ3v) is 14.3. The summed E-state index contributed by atoms with van der Waals surface area (Å²) >= 11 is 0. The van der Waals surface area contributed by atoms with Crippen LogP contribution >= 0.6 is 0 Å². The molecule has 8 aromatic carbocycles. The number of hydrogen-bond donors (Lipinski definition) is 0. The highest BCUT2D eigenvalue weighted by molar-refractivity contribution is 6.13. The van der Waals surface area contributed by atoms with Crippen LogP contribution in [0.1, 0.15) is 94.6 Å². The van der Waals surface area contributed by atoms with Crippen molar-refractivity contribution >= 4 is 45.0 Å². The van der Waals surface area contributed by atoms with E-state index in [-0.39, 0.29) is 11.8 Å². The smallest absolute Gasteiger partial charge is 0.236 e. The van der Waals surface area contributed by atoms with Crippen molar-refractivity contribution in [2.75, 3.05) is 14.2 Å². The molecule has 11 rings (SSSR count). The predicted molar refractivity (Wildman–Crippen MR) is 286 cm³/mol. The highest BCUT2D eigenvalue weighted by atomic mass is 16.5. The second-order valence-electron chi connectivity index (χ2n) is 18.5. The summed E-state index contributed by atoms with van der Waals surface area (Å²) in [6, 6.07) is 68.6. The van der Waals surface area contributed by atoms with E-state index in [4.69, 9.17) is 24.4 Å². The lowest BCUT2D eigenvalue weighted by atomic mass is 9.91. The first-order valence-corrected chi connectivity index (χ1v) is 24.4. The van der Waals surface area contributed by atoms with Gasteiger partial charge in [0, 0.05) is 0 Å². The summed E-state index contributed by atoms with van der Waals surface area (Å²) < 4.78 is 11.0. The zero-order valence-corrected chi connectivity index (χ0v) is 40.5. The van der Waals surface area contributed by atoms with Crippen LogP contribution < -0.4 is 9.47 Å². The summed E-state index contributed by atoms with van der Waals surface area (Å²) in [4.78, 5) is 51.4. The van der Waals surface area contributed by atoms with E-state index in [1.54, 1.807) is 14.2 Å². The molecule has 0 bridgehead atoms. The van der Waals surface area contributed by atoms with Gasteiger partial charge in [0.15, 0.2) is 11.7 Å². The summed E-state index contributed by atoms with van der Waals surface area (Å²) in [5.74, 6) is 1.07. The number of methoxy groups -OCH3 is 2. The van der Waals surface area contributed by atoms with E-state index in [1.165, 1.54) is 0 Å². The fraction of sp³-hybridized carbons (Fsp3) is 0.159. The molecule has 0 fully saturated rings. The van der Waals surface area contributed by atoms with Gasteiger partial charge in [-0.25, -0.2) is 4.98 Å². The van der Waals surface area contributed by atoms with Crippen LogP contribution in [-0.4, -0.2) is 52.5 Å². The number of carbonyl (C=O) groups is 2. The molecule has 3 heterocycles. The molecule has 9 nitrogen and oxygen atoms in total. The Bertz CT molecular complexity index is 3280. The van der Waals surface area contributed by atoms with Crippen LogP contribution in [0.15, 0.2) is 222 Å². The maximum atomic E-state index is 15.6. The fourth-order valence-electron chi connectivity index (χ4n) is 10.4. The Labute approximate surface area is 419 Å². The first-order valence-electron chi connectivity index (χ1n) is 24.4. The second-order valence-corrected chi connectivity index (χ2v) is 18.5. The van der Waals surface area contributed by atoms with Crippen molar-refractivity contribution in [1.29, 1.82) is 0 Å². The quantitative estimate of drug-likeness (QED) is 0.122. The molecule has 6 atom stereocenters. The molecule has 2 amide bonds. The van der Waals surface area contributed by atoms with Crippen LogP contribution in [0.5, 0.6) is 11.5 Å². The summed E-state index contributed by atoms with van der Waals surface area (Å²) in [5.41, 5.74) is 6.57. The largest absolute Gasteiger partial charge is 0.497 e. The van der Waals surface area contributed by atoms with Gasteiger partial charge in [0.1, 0.15) is 35.0 Å². The van der Waals surface area contributed by atoms with Gasteiger partial charge < -0.3 is 9.47 Å². The molecule has 0 saturated heterocycles. The average molecular weight is 944 g/mol. The first-order chi connectivity index (χ1) is 35.3. The number of hydrogen-bond acceptors (Lipinski definition) is 7. The van der Waals surface area contributed by atoms with Crippen molar-refractivity contribution in [3.63, 3.8) is 0 Å². The number of pyridine rings is 1. The Morgan fingerprint density at radius 3 is 1.14 bits per heavy atom. The molecule has 2 aliphatic heterocycles. The number of ether oxygens (including phenoxy) is 2. The third-order valence-electron chi connectivity index (χ3n) is 14.3. The molecule has 2 aliphatic rings. The minimum atomic E-state index is -0.560. The van der Waals surface area contributed by atoms with E-state index in [0.717, 1.165) is 66.4 Å². The topological polar surface area (TPSA) is 96.7 Å². The predicted octanol–water partition coefficient (Wildman–Crippen LogP) is 13.2. The Morgan fingerprint density at radius 1 is 0.417 bits per heavy atom. The number of benzene rings is 8. The van der Waals surface area contributed by atoms with Crippen molar-refractivity contribution in [2.45, 2.75) is 49.9 Å². The Hall–Kier alpha value is -8.69. The number of amides is 2. The van der Waals surface area contributed by atoms with Crippen molar-refractivity contribution in [3.8, 4) is 11.5 Å². The number of aliphatic imine (C=N–C) groups is 2. The van der Waals surface area contributed by atoms with Crippen molar-refractivity contribution in [2.24, 2.45) is 9.98 Å². The number of fused-ring (bicyclic) bond motifs is 2. The van der Waals surface area contributed by atoms with Gasteiger partial charge >= 0.3 is 0 Å². The first kappa shape index (κ1) is 45.7. The van der Waals surface area contributed by atoms with Crippen LogP contribution in [-0.2, 0) is 9.59 Å². The minimum absolute atomic E-state index is 0.118. The van der Waals surface area contributed by atoms with E-state index in [2.05, 4.69) is 60.7 Å². The van der Waals surface area contributed by atoms with Crippen LogP contribution in [0.3, 0.4) is 0 Å². The normalized spacial score (nSPS) is 18.4. The van der Waals surface area contributed by atoms with Gasteiger partial charge in [-0.05, 0) is 105 Å². The second kappa shape index (κ2) is 19.6. The lowest BCUT2D eigenvalue weighted by molar-refractivity contribution is -0.130. The minimum Gasteiger partial charge on any atom is -0.497 e. The van der Waals surface area contributed by atoms with Crippen molar-refractivity contribution in [1.82, 2.24) is 14.8 Å². The molecule has 0 radical (unpaired) electrons. The van der Waals surface area contributed by atoms with E-state index in [0.29, 0.717) is 23.1 Å². The lowest BCUT2D eigenvalue weighted by Crippen LogP contribution is -2.41. The van der Waals surface area contributed by atoms with Crippen LogP contribution in [0.2, 0.25) is 0 Å². The van der Waals surface area contributed by atoms with Crippen LogP contribution in [0, 0.1) is 0 Å². The maximum Gasteiger partial charge on any atom is 0.236 e. The standard InChI is InChI=1S/C63H53N5O4/c1-40(46-28-30-50-38-52(71-3)34-32-48(50)36-46)62(69)67-58(44-22-13-7-14-23-44)56(42-18-9-5-10-19-42)65-60(67)54-26-17-27-55(64-54)61-66-57(43-20-11-6-12-21-43)59(45-24-15-8-16-25-45)68(61)63(70)41(2)47-29-31-51-39-53(72-4)35-33-49(51)37-47/h5-41,56-59H,1-4H3/t40-,41-,56-,57-,58-,59-/m1/s1. The monoisotopic (exact) mass is 943 g/mol. The van der Waals surface area contributed by atoms with E-state index in [9.17, 15) is 0 Å². The fourth-order valence-corrected chi connectivity index (χ4v) is 10.4. The summed E-state index contributed by atoms with van der Waals surface area (Å²) in [6.45, 7) is 3.92. The van der Waals surface area contributed by atoms with Gasteiger partial charge in [0.25, 0.3) is 0 Å². The van der Waals surface area contributed by atoms with Gasteiger partial charge in [-0.15, -0.1) is 0 Å². The molecule has 72 heavy (non-hydrogen) atoms. The zero-order valence-electron chi connectivity index (χ0n) is 40.5. The Balaban J connectivity index is 1.05. The molecule has 9 heteroatoms. The zero-order chi connectivity index (χ0) is 49.3. The molecule has 354 valence electrons. The molecule has 0 aliphatic carbocycles. The van der Waals surface area contributed by atoms with Gasteiger partial charge in [0.2, 0.25) is 11.8 Å². The lowest BCUT2D eigenvalue weighted by Gasteiger charge is -2.32. The third kappa shape index (κ3) is 8.57. The van der Waals surface area contributed by atoms with Crippen LogP contribution in [0.25, 0.3) is 21.5 Å². The molecular formula is C63H53N5O4. The number of amidine groups is 2. The molecule has 0 N–H and O–H groups in total. The van der Waals surface area contributed by atoms with Gasteiger partial charge in [-0.2, -0.15) is 0 Å². The number of aromatic nitrogens is 1. The van der Waals surface area contributed by atoms with Crippen molar-refractivity contribution in [3.05, 3.63) is 257 Å². The highest BCUT2D eigenvalue weighted by Gasteiger charge is 2.46. The number of rotatable bonds is 12. The van der Waals surface area contributed by atoms with Crippen molar-refractivity contribution < 1.29 is 19.1 Å². The van der Waals surface area contributed by atoms with Gasteiger partial charge in [-0.3, -0.25) is 29.4 Å². The Kier molecular flexibility index (Phi) is 12.5. The van der Waals surface area contributed by atoms with E-state index >= 15 is 9.59 Å². The molecule has 0 unspecified atom stereocenters. The molecule has 1 aromatic heterocycles. The molecular weight excluding hydrogens is 891 g/mol.